The lowest BCUT2D eigenvalue weighted by Gasteiger charge is -2.28. The zero-order valence-corrected chi connectivity index (χ0v) is 29.6. The number of fused-ring (bicyclic) bond motifs is 1. The Kier molecular flexibility index (Phi) is 11.8. The number of methoxy groups -OCH3 is 2. The highest BCUT2D eigenvalue weighted by molar-refractivity contribution is 14.1. The Labute approximate surface area is 297 Å². The Morgan fingerprint density at radius 2 is 1.82 bits per heavy atom. The molecule has 256 valence electrons. The number of nitrogens with zero attached hydrogens (tertiary/aromatic N) is 1. The summed E-state index contributed by atoms with van der Waals surface area (Å²) in [5.74, 6) is 1.21. The van der Waals surface area contributed by atoms with Crippen LogP contribution in [0.4, 0.5) is 4.79 Å². The third-order valence-corrected chi connectivity index (χ3v) is 8.24. The van der Waals surface area contributed by atoms with Gasteiger partial charge in [-0.25, -0.2) is 9.59 Å². The maximum Gasteiger partial charge on any atom is 0.337 e. The molecule has 0 bridgehead atoms. The summed E-state index contributed by atoms with van der Waals surface area (Å²) in [7, 11) is 2.86. The molecule has 4 aromatic rings. The fraction of sp³-hybridized carbons (Fsp3) is 0.250. The van der Waals surface area contributed by atoms with Crippen molar-refractivity contribution in [3.05, 3.63) is 104 Å². The molecular weight excluding hydrogens is 743 g/mol. The third-order valence-electron chi connectivity index (χ3n) is 7.62. The van der Waals surface area contributed by atoms with E-state index in [4.69, 9.17) is 23.7 Å². The van der Waals surface area contributed by atoms with E-state index >= 15 is 0 Å². The zero-order chi connectivity index (χ0) is 34.9. The molecule has 5 rings (SSSR count). The highest BCUT2D eigenvalue weighted by Crippen LogP contribution is 2.36. The molecule has 4 aromatic carbocycles. The average Bonchev–Trinajstić information content (AvgIpc) is 3.09. The quantitative estimate of drug-likeness (QED) is 0.0425. The fourth-order valence-corrected chi connectivity index (χ4v) is 5.99. The summed E-state index contributed by atoms with van der Waals surface area (Å²) in [5, 5.41) is 22.5. The number of hydrogen-bond donors (Lipinski definition) is 4. The molecule has 0 saturated heterocycles. The second-order valence-electron chi connectivity index (χ2n) is 10.9. The van der Waals surface area contributed by atoms with Crippen LogP contribution in [0.15, 0.2) is 89.2 Å². The number of aliphatic hydroxyl groups excluding tert-OH is 1. The van der Waals surface area contributed by atoms with Crippen molar-refractivity contribution in [1.29, 1.82) is 0 Å². The first-order chi connectivity index (χ1) is 23.7. The molecule has 0 fully saturated rings. The molecule has 4 N–H and O–H groups in total. The summed E-state index contributed by atoms with van der Waals surface area (Å²) >= 11 is 2.19. The first-order valence-electron chi connectivity index (χ1n) is 15.4. The SMILES string of the molecule is CCOc1cc([C@H]2NC(=O)NC(C)=C2C(=O)OC)ccc1OC[C@@H](O)N/N=C/c1cc(I)cc(OC)c1OCc1cccc2ccccc12. The minimum Gasteiger partial charge on any atom is -0.493 e. The van der Waals surface area contributed by atoms with Crippen LogP contribution in [0.2, 0.25) is 0 Å². The number of esters is 1. The number of rotatable bonds is 14. The Morgan fingerprint density at radius 3 is 2.59 bits per heavy atom. The minimum absolute atomic E-state index is 0.173. The number of ether oxygens (including phenoxy) is 5. The van der Waals surface area contributed by atoms with Crippen molar-refractivity contribution in [2.75, 3.05) is 27.4 Å². The Morgan fingerprint density at radius 1 is 1.02 bits per heavy atom. The van der Waals surface area contributed by atoms with Crippen molar-refractivity contribution in [3.8, 4) is 23.0 Å². The largest absolute Gasteiger partial charge is 0.493 e. The number of hydrogen-bond acceptors (Lipinski definition) is 10. The number of nitrogens with one attached hydrogen (secondary N) is 3. The topological polar surface area (TPSA) is 149 Å². The molecule has 0 aliphatic carbocycles. The number of aliphatic hydroxyl groups is 1. The van der Waals surface area contributed by atoms with E-state index in [1.807, 2.05) is 43.3 Å². The number of amides is 2. The van der Waals surface area contributed by atoms with E-state index in [0.29, 0.717) is 53.0 Å². The van der Waals surface area contributed by atoms with Gasteiger partial charge in [0.05, 0.1) is 38.7 Å². The van der Waals surface area contributed by atoms with Crippen LogP contribution in [0.1, 0.15) is 36.6 Å². The highest BCUT2D eigenvalue weighted by atomic mass is 127. The molecule has 0 radical (unpaired) electrons. The van der Waals surface area contributed by atoms with Gasteiger partial charge in [-0.05, 0) is 82.6 Å². The highest BCUT2D eigenvalue weighted by Gasteiger charge is 2.32. The molecular formula is C36H37IN4O8. The Hall–Kier alpha value is -5.02. The van der Waals surface area contributed by atoms with Crippen molar-refractivity contribution in [2.24, 2.45) is 5.10 Å². The van der Waals surface area contributed by atoms with E-state index in [1.54, 1.807) is 38.4 Å². The second kappa shape index (κ2) is 16.4. The van der Waals surface area contributed by atoms with Crippen LogP contribution in [0.25, 0.3) is 10.8 Å². The molecule has 13 heteroatoms. The fourth-order valence-electron chi connectivity index (χ4n) is 5.37. The van der Waals surface area contributed by atoms with Crippen molar-refractivity contribution >= 4 is 51.6 Å². The summed E-state index contributed by atoms with van der Waals surface area (Å²) in [6.45, 7) is 3.91. The van der Waals surface area contributed by atoms with Gasteiger partial charge in [0.25, 0.3) is 0 Å². The standard InChI is InChI=1S/C36H37IN4O8/c1-5-47-29-16-23(33-32(35(43)46-4)21(2)39-36(44)40-33)13-14-28(29)48-20-31(42)41-38-18-25-15-26(37)17-30(45-3)34(25)49-19-24-11-8-10-22-9-6-7-12-27(22)24/h6-18,31,33,41-42H,5,19-20H2,1-4H3,(H2,39,40,44)/b38-18+/t31-,33-/m1/s1. The van der Waals surface area contributed by atoms with Crippen molar-refractivity contribution < 1.29 is 38.4 Å². The van der Waals surface area contributed by atoms with Gasteiger partial charge in [0, 0.05) is 14.8 Å². The molecule has 1 heterocycles. The lowest BCUT2D eigenvalue weighted by atomic mass is 9.95. The molecule has 2 atom stereocenters. The van der Waals surface area contributed by atoms with Crippen molar-refractivity contribution in [1.82, 2.24) is 16.1 Å². The van der Waals surface area contributed by atoms with Gasteiger partial charge in [-0.3, -0.25) is 5.43 Å². The van der Waals surface area contributed by atoms with Gasteiger partial charge in [0.2, 0.25) is 0 Å². The minimum atomic E-state index is -1.18. The molecule has 0 spiro atoms. The van der Waals surface area contributed by atoms with Crippen LogP contribution in [0, 0.1) is 3.57 Å². The predicted molar refractivity (Wildman–Crippen MR) is 193 cm³/mol. The third kappa shape index (κ3) is 8.53. The first-order valence-corrected chi connectivity index (χ1v) is 16.5. The summed E-state index contributed by atoms with van der Waals surface area (Å²) < 4.78 is 29.4. The zero-order valence-electron chi connectivity index (χ0n) is 27.4. The Balaban J connectivity index is 1.27. The van der Waals surface area contributed by atoms with Crippen LogP contribution in [0.3, 0.4) is 0 Å². The van der Waals surface area contributed by atoms with Gasteiger partial charge in [-0.15, -0.1) is 0 Å². The second-order valence-corrected chi connectivity index (χ2v) is 12.1. The number of carbonyl (C=O) groups excluding carboxylic acids is 2. The van der Waals surface area contributed by atoms with E-state index in [9.17, 15) is 14.7 Å². The molecule has 0 saturated carbocycles. The normalized spacial score (nSPS) is 15.0. The van der Waals surface area contributed by atoms with E-state index in [2.05, 4.69) is 62.0 Å². The van der Waals surface area contributed by atoms with Crippen LogP contribution in [0.5, 0.6) is 23.0 Å². The van der Waals surface area contributed by atoms with E-state index < -0.39 is 24.3 Å². The molecule has 0 unspecified atom stereocenters. The number of halogens is 1. The lowest BCUT2D eigenvalue weighted by molar-refractivity contribution is -0.136. The van der Waals surface area contributed by atoms with Crippen LogP contribution >= 0.6 is 22.6 Å². The van der Waals surface area contributed by atoms with E-state index in [1.165, 1.54) is 7.11 Å². The maximum absolute atomic E-state index is 12.5. The van der Waals surface area contributed by atoms with Crippen LogP contribution in [-0.4, -0.2) is 57.0 Å². The number of benzene rings is 4. The van der Waals surface area contributed by atoms with E-state index in [0.717, 1.165) is 19.9 Å². The predicted octanol–water partition coefficient (Wildman–Crippen LogP) is 5.55. The van der Waals surface area contributed by atoms with E-state index in [-0.39, 0.29) is 12.2 Å². The number of allylic oxidation sites excluding steroid dienone is 1. The Bertz CT molecular complexity index is 1890. The van der Waals surface area contributed by atoms with Gasteiger partial charge in [0.1, 0.15) is 13.2 Å². The maximum atomic E-state index is 12.5. The van der Waals surface area contributed by atoms with Crippen LogP contribution in [-0.2, 0) is 16.1 Å². The van der Waals surface area contributed by atoms with Gasteiger partial charge in [-0.1, -0.05) is 48.5 Å². The van der Waals surface area contributed by atoms with Crippen molar-refractivity contribution in [3.63, 3.8) is 0 Å². The molecule has 2 amide bonds. The summed E-state index contributed by atoms with van der Waals surface area (Å²) in [6.07, 6.45) is 0.365. The summed E-state index contributed by atoms with van der Waals surface area (Å²) in [4.78, 5) is 24.7. The average molecular weight is 781 g/mol. The monoisotopic (exact) mass is 780 g/mol. The first kappa shape index (κ1) is 35.3. The van der Waals surface area contributed by atoms with Gasteiger partial charge in [-0.2, -0.15) is 5.10 Å². The molecule has 12 nitrogen and oxygen atoms in total. The molecule has 49 heavy (non-hydrogen) atoms. The summed E-state index contributed by atoms with van der Waals surface area (Å²) in [5.41, 5.74) is 5.60. The van der Waals surface area contributed by atoms with Crippen LogP contribution < -0.4 is 35.0 Å². The summed E-state index contributed by atoms with van der Waals surface area (Å²) in [6, 6.07) is 21.8. The number of carbonyl (C=O) groups is 2. The van der Waals surface area contributed by atoms with Crippen molar-refractivity contribution in [2.45, 2.75) is 32.7 Å². The smallest absolute Gasteiger partial charge is 0.337 e. The number of urea groups is 1. The molecule has 0 aromatic heterocycles. The lowest BCUT2D eigenvalue weighted by Crippen LogP contribution is -2.45. The number of hydrazone groups is 1. The van der Waals surface area contributed by atoms with Gasteiger partial charge < -0.3 is 39.4 Å². The van der Waals surface area contributed by atoms with Gasteiger partial charge in [0.15, 0.2) is 29.2 Å². The molecule has 1 aliphatic rings. The van der Waals surface area contributed by atoms with Gasteiger partial charge >= 0.3 is 12.0 Å². The molecule has 1 aliphatic heterocycles.